The lowest BCUT2D eigenvalue weighted by molar-refractivity contribution is 1.26. The highest BCUT2D eigenvalue weighted by molar-refractivity contribution is 5.89. The summed E-state index contributed by atoms with van der Waals surface area (Å²) in [7, 11) is 0. The summed E-state index contributed by atoms with van der Waals surface area (Å²) in [5.41, 5.74) is 15.3. The van der Waals surface area contributed by atoms with Crippen LogP contribution in [0, 0.1) is 0 Å². The summed E-state index contributed by atoms with van der Waals surface area (Å²) >= 11 is 0. The summed E-state index contributed by atoms with van der Waals surface area (Å²) < 4.78 is 0. The predicted octanol–water partition coefficient (Wildman–Crippen LogP) is 13.3. The molecule has 260 valence electrons. The fourth-order valence-electron chi connectivity index (χ4n) is 6.46. The molecular weight excluding hydrogens is 613 g/mol. The van der Waals surface area contributed by atoms with Crippen LogP contribution >= 0.6 is 0 Å². The Kier molecular flexibility index (Phi) is 15.4. The second-order valence-corrected chi connectivity index (χ2v) is 11.9. The van der Waals surface area contributed by atoms with Crippen molar-refractivity contribution in [2.45, 2.75) is 56.9 Å². The molecule has 3 aromatic rings. The van der Waals surface area contributed by atoms with Crippen molar-refractivity contribution in [2.75, 3.05) is 0 Å². The minimum absolute atomic E-state index is 0. The van der Waals surface area contributed by atoms with Crippen LogP contribution in [-0.2, 0) is 0 Å². The Hall–Kier alpha value is -5.68. The van der Waals surface area contributed by atoms with Crippen molar-refractivity contribution in [1.29, 1.82) is 0 Å². The molecule has 0 aliphatic heterocycles. The van der Waals surface area contributed by atoms with Gasteiger partial charge in [0.25, 0.3) is 0 Å². The van der Waals surface area contributed by atoms with Crippen LogP contribution in [0.15, 0.2) is 215 Å². The van der Waals surface area contributed by atoms with Gasteiger partial charge >= 0.3 is 0 Å². The Balaban J connectivity index is 0.00000180. The molecule has 4 aliphatic carbocycles. The molecule has 0 saturated heterocycles. The lowest BCUT2D eigenvalue weighted by atomic mass is 9.87. The van der Waals surface area contributed by atoms with Crippen molar-refractivity contribution in [3.05, 3.63) is 231 Å². The zero-order valence-corrected chi connectivity index (χ0v) is 26.2. The maximum atomic E-state index is 4.63. The van der Waals surface area contributed by atoms with Gasteiger partial charge in [-0.05, 0) is 104 Å². The quantitative estimate of drug-likeness (QED) is 0.243. The molecule has 7 rings (SSSR count). The van der Waals surface area contributed by atoms with Crippen molar-refractivity contribution in [1.82, 2.24) is 0 Å². The molecule has 51 heavy (non-hydrogen) atoms. The molecule has 0 saturated carbocycles. The Morgan fingerprint density at radius 1 is 0.647 bits per heavy atom. The van der Waals surface area contributed by atoms with Crippen molar-refractivity contribution in [2.24, 2.45) is 0 Å². The third-order valence-electron chi connectivity index (χ3n) is 8.86. The van der Waals surface area contributed by atoms with Gasteiger partial charge in [0.2, 0.25) is 0 Å². The van der Waals surface area contributed by atoms with Crippen LogP contribution in [0.3, 0.4) is 0 Å². The van der Waals surface area contributed by atoms with Crippen molar-refractivity contribution in [3.63, 3.8) is 0 Å². The molecule has 0 amide bonds. The summed E-state index contributed by atoms with van der Waals surface area (Å²) in [5.74, 6) is 0. The van der Waals surface area contributed by atoms with Crippen LogP contribution in [0.1, 0.15) is 62.5 Å². The van der Waals surface area contributed by atoms with E-state index in [1.807, 2.05) is 0 Å². The summed E-state index contributed by atoms with van der Waals surface area (Å²) in [6.45, 7) is 6.82. The summed E-state index contributed by atoms with van der Waals surface area (Å²) in [6.07, 6.45) is 36.6. The molecule has 0 N–H and O–H groups in total. The molecule has 0 unspecified atom stereocenters. The van der Waals surface area contributed by atoms with Crippen LogP contribution in [0.4, 0.5) is 0 Å². The molecule has 3 aromatic carbocycles. The fraction of sp³-hybridized carbons (Fsp3) is 0.157. The topological polar surface area (TPSA) is 0 Å². The highest BCUT2D eigenvalue weighted by Crippen LogP contribution is 2.33. The number of allylic oxidation sites excluding steroid dienone is 22. The number of hydrogen-bond donors (Lipinski definition) is 0. The fourth-order valence-corrected chi connectivity index (χ4v) is 6.46. The second kappa shape index (κ2) is 18.9. The first kappa shape index (κ1) is 41.5. The van der Waals surface area contributed by atoms with Crippen LogP contribution in [-0.4, -0.2) is 0 Å². The van der Waals surface area contributed by atoms with E-state index in [1.54, 1.807) is 0 Å². The Morgan fingerprint density at radius 2 is 1.29 bits per heavy atom. The van der Waals surface area contributed by atoms with Gasteiger partial charge in [0, 0.05) is 11.1 Å². The van der Waals surface area contributed by atoms with Gasteiger partial charge in [-0.15, -0.1) is 5.73 Å². The largest absolute Gasteiger partial charge is 0.104 e. The van der Waals surface area contributed by atoms with Gasteiger partial charge < -0.3 is 0 Å². The molecule has 0 fully saturated rings. The van der Waals surface area contributed by atoms with Gasteiger partial charge in [-0.3, -0.25) is 0 Å². The van der Waals surface area contributed by atoms with Crippen LogP contribution < -0.4 is 10.4 Å². The van der Waals surface area contributed by atoms with Crippen LogP contribution in [0.25, 0.3) is 21.9 Å². The average molecular weight is 669 g/mol. The smallest absolute Gasteiger partial charge is 0.0250 e. The van der Waals surface area contributed by atoms with Crippen molar-refractivity contribution < 1.29 is 0 Å². The first-order chi connectivity index (χ1) is 22.7. The summed E-state index contributed by atoms with van der Waals surface area (Å²) in [4.78, 5) is 0. The third kappa shape index (κ3) is 8.92. The summed E-state index contributed by atoms with van der Waals surface area (Å²) in [6, 6.07) is 24.2. The van der Waals surface area contributed by atoms with Gasteiger partial charge in [0.1, 0.15) is 0 Å². The first-order valence-electron chi connectivity index (χ1n) is 16.0. The molecule has 0 atom stereocenters. The monoisotopic (exact) mass is 668 g/mol. The van der Waals surface area contributed by atoms with Crippen LogP contribution in [0.2, 0.25) is 0 Å². The van der Waals surface area contributed by atoms with E-state index in [9.17, 15) is 0 Å². The average Bonchev–Trinajstić information content (AvgIpc) is 3.45. The molecular formula is C51H56. The standard InChI is InChI=1S/C46H36.5CH4/c1-33(25-26-35-16-6-4-7-17-35)41-29-30-43(39-21-12-11-20-38(41)32-39)46-34(2)15-5-3-8-22-42(44-23-13-14-24-45(44)46)40-28-27-36-18-9-10-19-37(36)31-40;;;;;/h3-16,18-21,23-31H,2,17,22H2,1H3;5*1H4/b8-3-,15-5-,33-25+,35-26-,44-42+,46-45+;;;;;. The minimum atomic E-state index is 0. The van der Waals surface area contributed by atoms with E-state index in [0.29, 0.717) is 0 Å². The zero-order valence-electron chi connectivity index (χ0n) is 26.2. The molecule has 2 bridgehead atoms. The van der Waals surface area contributed by atoms with Crippen LogP contribution in [0.5, 0.6) is 0 Å². The van der Waals surface area contributed by atoms with E-state index >= 15 is 0 Å². The Morgan fingerprint density at radius 3 is 2.04 bits per heavy atom. The maximum Gasteiger partial charge on any atom is 0.0250 e. The number of rotatable bonds is 4. The van der Waals surface area contributed by atoms with E-state index in [1.165, 1.54) is 49.1 Å². The third-order valence-corrected chi connectivity index (χ3v) is 8.86. The van der Waals surface area contributed by atoms with Gasteiger partial charge in [-0.25, -0.2) is 0 Å². The molecule has 0 aromatic heterocycles. The number of fused-ring (bicyclic) bond motifs is 2. The molecule has 4 aliphatic rings. The normalized spacial score (nSPS) is 20.1. The number of benzene rings is 3. The highest BCUT2D eigenvalue weighted by Gasteiger charge is 2.18. The molecule has 0 heteroatoms. The van der Waals surface area contributed by atoms with E-state index < -0.39 is 0 Å². The highest BCUT2D eigenvalue weighted by atomic mass is 14.2. The van der Waals surface area contributed by atoms with Gasteiger partial charge in [-0.2, -0.15) is 0 Å². The van der Waals surface area contributed by atoms with Gasteiger partial charge in [-0.1, -0.05) is 189 Å². The summed E-state index contributed by atoms with van der Waals surface area (Å²) in [5, 5.41) is 4.90. The van der Waals surface area contributed by atoms with E-state index in [4.69, 9.17) is 0 Å². The van der Waals surface area contributed by atoms with E-state index in [2.05, 4.69) is 183 Å². The first-order valence-corrected chi connectivity index (χ1v) is 16.0. The lowest BCUT2D eigenvalue weighted by Gasteiger charge is -2.16. The maximum absolute atomic E-state index is 4.63. The zero-order chi connectivity index (χ0) is 31.3. The van der Waals surface area contributed by atoms with Gasteiger partial charge in [0.05, 0.1) is 0 Å². The van der Waals surface area contributed by atoms with E-state index in [0.717, 1.165) is 40.7 Å². The lowest BCUT2D eigenvalue weighted by Crippen LogP contribution is -2.30. The predicted molar refractivity (Wildman–Crippen MR) is 231 cm³/mol. The number of hydrogen-bond acceptors (Lipinski definition) is 0. The van der Waals surface area contributed by atoms with Gasteiger partial charge in [0.15, 0.2) is 0 Å². The van der Waals surface area contributed by atoms with Crippen molar-refractivity contribution in [3.8, 4) is 0 Å². The molecule has 0 heterocycles. The SMILES string of the molecule is C.C.C.C.C.C=C1/C=C\C=C/C/C(c2ccc3ccccc3c2)=c2/cccc/c2=C/1C1=CC=C(/C(C)=C/C=C2/C=CC=CC2)C2=C=C1C=CC=C2. The molecule has 0 spiro atoms. The Bertz CT molecular complexity index is 2280. The Labute approximate surface area is 309 Å². The minimum Gasteiger partial charge on any atom is -0.104 e. The molecule has 0 radical (unpaired) electrons. The van der Waals surface area contributed by atoms with E-state index in [-0.39, 0.29) is 37.1 Å². The second-order valence-electron chi connectivity index (χ2n) is 11.9. The molecule has 0 nitrogen and oxygen atoms in total. The van der Waals surface area contributed by atoms with Crippen molar-refractivity contribution >= 4 is 21.9 Å².